The molecule has 22 heteroatoms. The van der Waals surface area contributed by atoms with Crippen LogP contribution >= 0.6 is 23.1 Å². The van der Waals surface area contributed by atoms with Crippen molar-refractivity contribution in [1.82, 2.24) is 30.4 Å². The Hall–Kier alpha value is -4.96. The quantitative estimate of drug-likeness (QED) is 0.0402. The number of aliphatic carboxylic acids is 1. The van der Waals surface area contributed by atoms with Crippen molar-refractivity contribution >= 4 is 75.2 Å². The predicted molar refractivity (Wildman–Crippen MR) is 164 cm³/mol. The fourth-order valence-electron chi connectivity index (χ4n) is 4.22. The van der Waals surface area contributed by atoms with Gasteiger partial charge < -0.3 is 42.5 Å². The summed E-state index contributed by atoms with van der Waals surface area (Å²) in [5, 5.41) is 27.5. The molecule has 2 atom stereocenters. The number of hydrogen-bond acceptors (Lipinski definition) is 15. The van der Waals surface area contributed by atoms with E-state index in [1.165, 1.54) is 37.6 Å². The van der Waals surface area contributed by atoms with Gasteiger partial charge in [0.1, 0.15) is 17.1 Å². The molecule has 4 rings (SSSR count). The number of carbonyl (C=O) groups excluding carboxylic acids is 4. The summed E-state index contributed by atoms with van der Waals surface area (Å²) in [7, 11) is 2.83. The summed E-state index contributed by atoms with van der Waals surface area (Å²) in [6.45, 7) is 3.08. The lowest BCUT2D eigenvalue weighted by atomic mass is 10.0. The number of aromatic nitrogens is 4. The number of anilines is 3. The van der Waals surface area contributed by atoms with Crippen LogP contribution in [0.1, 0.15) is 18.9 Å². The lowest BCUT2D eigenvalue weighted by molar-refractivity contribution is -0.765. The van der Waals surface area contributed by atoms with Gasteiger partial charge in [-0.2, -0.15) is 0 Å². The minimum absolute atomic E-state index is 0.00143. The summed E-state index contributed by atoms with van der Waals surface area (Å²) in [5.41, 5.74) is 15.8. The molecule has 4 amide bonds. The number of ether oxygens (including phenoxy) is 1. The second-order valence-corrected chi connectivity index (χ2v) is 12.4. The van der Waals surface area contributed by atoms with E-state index in [4.69, 9.17) is 26.8 Å². The summed E-state index contributed by atoms with van der Waals surface area (Å²) in [6.07, 6.45) is 1.58. The van der Waals surface area contributed by atoms with Crippen LogP contribution in [0.15, 0.2) is 22.6 Å². The first-order chi connectivity index (χ1) is 21.7. The maximum Gasteiger partial charge on any atom is 0.355 e. The average molecular weight is 682 g/mol. The number of urea groups is 1. The number of esters is 1. The van der Waals surface area contributed by atoms with Crippen molar-refractivity contribution in [2.24, 2.45) is 17.9 Å². The van der Waals surface area contributed by atoms with Crippen molar-refractivity contribution in [3.05, 3.63) is 22.5 Å². The number of carbonyl (C=O) groups is 5. The van der Waals surface area contributed by atoms with Crippen LogP contribution in [0.2, 0.25) is 0 Å². The highest BCUT2D eigenvalue weighted by Crippen LogP contribution is 2.41. The van der Waals surface area contributed by atoms with Crippen LogP contribution in [0.5, 0.6) is 0 Å². The van der Waals surface area contributed by atoms with Crippen LogP contribution in [0.25, 0.3) is 0 Å². The number of carboxylic acids is 1. The van der Waals surface area contributed by atoms with E-state index in [9.17, 15) is 29.1 Å². The molecule has 0 spiro atoms. The van der Waals surface area contributed by atoms with Gasteiger partial charge >= 0.3 is 18.0 Å². The third-order valence-electron chi connectivity index (χ3n) is 6.77. The van der Waals surface area contributed by atoms with Crippen molar-refractivity contribution in [3.63, 3.8) is 0 Å². The summed E-state index contributed by atoms with van der Waals surface area (Å²) in [5.74, 6) is -3.13. The third kappa shape index (κ3) is 6.82. The van der Waals surface area contributed by atoms with Crippen LogP contribution < -0.4 is 37.8 Å². The number of nitrogens with two attached hydrogens (primary N) is 3. The molecule has 2 aliphatic rings. The van der Waals surface area contributed by atoms with Gasteiger partial charge in [-0.15, -0.1) is 31.3 Å². The first kappa shape index (κ1) is 33.9. The molecule has 4 heterocycles. The second-order valence-electron chi connectivity index (χ2n) is 10.3. The molecule has 46 heavy (non-hydrogen) atoms. The Labute approximate surface area is 269 Å². The molecule has 2 aromatic rings. The maximum atomic E-state index is 13.4. The van der Waals surface area contributed by atoms with Crippen LogP contribution in [0, 0.1) is 0 Å². The molecule has 1 saturated heterocycles. The zero-order chi connectivity index (χ0) is 33.9. The van der Waals surface area contributed by atoms with E-state index in [1.54, 1.807) is 22.6 Å². The van der Waals surface area contributed by atoms with Gasteiger partial charge in [0.15, 0.2) is 23.1 Å². The molecule has 2 aromatic heterocycles. The van der Waals surface area contributed by atoms with Gasteiger partial charge in [0.05, 0.1) is 14.2 Å². The van der Waals surface area contributed by atoms with E-state index in [0.717, 1.165) is 11.3 Å². The number of thioether (sulfide) groups is 1. The molecule has 0 radical (unpaired) electrons. The van der Waals surface area contributed by atoms with Gasteiger partial charge in [-0.25, -0.2) is 14.4 Å². The highest BCUT2D eigenvalue weighted by atomic mass is 32.2. The molecular formula is C24H33N12O8S2+. The fourth-order valence-corrected chi connectivity index (χ4v) is 6.14. The van der Waals surface area contributed by atoms with Crippen LogP contribution in [0.3, 0.4) is 0 Å². The van der Waals surface area contributed by atoms with Gasteiger partial charge in [-0.1, -0.05) is 16.5 Å². The summed E-state index contributed by atoms with van der Waals surface area (Å²) < 4.78 is 8.20. The zero-order valence-corrected chi connectivity index (χ0v) is 26.7. The maximum absolute atomic E-state index is 13.4. The number of carboxylic acid groups (broad SMARTS) is 1. The van der Waals surface area contributed by atoms with Crippen molar-refractivity contribution in [2.75, 3.05) is 42.7 Å². The standard InChI is InChI=1S/C24H32N12O8S2/c1-24(2,21(40)41)44-33-12(17-31-32-22(27)46-17)16(37)30-13-18(38)36-14(20(39)43-4)10(9-45-19(13)36)7-35-8-11(15(26)34(35)3)29-23(42)28-6-5-25/h8,13,19,26H,5-7,9,25H2,1-4H3,(H6,27,28,29,30,32,33,37,40,41,42)/p+1/t13-,19?/m1/s1. The molecule has 0 aliphatic carbocycles. The molecule has 0 saturated carbocycles. The van der Waals surface area contributed by atoms with Crippen molar-refractivity contribution in [2.45, 2.75) is 37.4 Å². The van der Waals surface area contributed by atoms with Gasteiger partial charge in [0.25, 0.3) is 11.8 Å². The number of amides is 4. The second kappa shape index (κ2) is 13.6. The van der Waals surface area contributed by atoms with E-state index in [0.29, 0.717) is 11.3 Å². The summed E-state index contributed by atoms with van der Waals surface area (Å²) >= 11 is 2.08. The first-order valence-electron chi connectivity index (χ1n) is 13.4. The van der Waals surface area contributed by atoms with Crippen LogP contribution in [-0.2, 0) is 42.3 Å². The molecule has 2 aliphatic heterocycles. The summed E-state index contributed by atoms with van der Waals surface area (Å²) in [4.78, 5) is 69.7. The van der Waals surface area contributed by atoms with E-state index < -0.39 is 52.5 Å². The monoisotopic (exact) mass is 681 g/mol. The molecule has 0 aromatic carbocycles. The van der Waals surface area contributed by atoms with E-state index in [1.807, 2.05) is 0 Å². The number of methoxy groups -OCH3 is 1. The minimum atomic E-state index is -1.80. The largest absolute Gasteiger partial charge is 0.478 e. The lowest BCUT2D eigenvalue weighted by Crippen LogP contribution is -2.71. The van der Waals surface area contributed by atoms with Crippen LogP contribution in [0.4, 0.5) is 21.4 Å². The molecule has 1 fully saturated rings. The van der Waals surface area contributed by atoms with Crippen molar-refractivity contribution in [1.29, 1.82) is 0 Å². The Morgan fingerprint density at radius 1 is 1.26 bits per heavy atom. The topological polar surface area (TPSA) is 288 Å². The highest BCUT2D eigenvalue weighted by Gasteiger charge is 2.55. The smallest absolute Gasteiger partial charge is 0.355 e. The van der Waals surface area contributed by atoms with E-state index >= 15 is 0 Å². The Morgan fingerprint density at radius 2 is 1.98 bits per heavy atom. The fraction of sp³-hybridized carbons (Fsp3) is 0.458. The molecular weight excluding hydrogens is 648 g/mol. The SMILES string of the molecule is COC(=O)C1=C(C[n+]2cc(NC(=O)NCCN)c(N)n2C)CSC2[C@H](NC(=O)/C(=N\OC(C)(C)C(=O)O)c3nnc(N)s3)C(=O)N12. The molecule has 10 N–H and O–H groups in total. The Morgan fingerprint density at radius 3 is 2.59 bits per heavy atom. The van der Waals surface area contributed by atoms with E-state index in [-0.39, 0.29) is 47.0 Å². The first-order valence-corrected chi connectivity index (χ1v) is 15.3. The van der Waals surface area contributed by atoms with Gasteiger partial charge in [0.2, 0.25) is 22.6 Å². The predicted octanol–water partition coefficient (Wildman–Crippen LogP) is -2.48. The normalized spacial score (nSPS) is 18.0. The number of nitrogen functional groups attached to an aromatic ring is 2. The van der Waals surface area contributed by atoms with Crippen molar-refractivity contribution < 1.29 is 43.3 Å². The lowest BCUT2D eigenvalue weighted by Gasteiger charge is -2.49. The highest BCUT2D eigenvalue weighted by molar-refractivity contribution is 8.00. The van der Waals surface area contributed by atoms with E-state index in [2.05, 4.69) is 31.3 Å². The zero-order valence-electron chi connectivity index (χ0n) is 25.1. The minimum Gasteiger partial charge on any atom is -0.478 e. The Balaban J connectivity index is 1.56. The molecule has 248 valence electrons. The average Bonchev–Trinajstić information content (AvgIpc) is 3.55. The Kier molecular flexibility index (Phi) is 10.0. The summed E-state index contributed by atoms with van der Waals surface area (Å²) in [6, 6.07) is -1.59. The third-order valence-corrected chi connectivity index (χ3v) is 8.87. The number of nitrogens with one attached hydrogen (secondary N) is 3. The Bertz CT molecular complexity index is 1630. The molecule has 20 nitrogen and oxygen atoms in total. The van der Waals surface area contributed by atoms with Gasteiger partial charge in [-0.3, -0.25) is 19.8 Å². The molecule has 1 unspecified atom stereocenters. The number of oxime groups is 1. The van der Waals surface area contributed by atoms with Crippen molar-refractivity contribution in [3.8, 4) is 0 Å². The number of nitrogens with zero attached hydrogens (tertiary/aromatic N) is 6. The number of fused-ring (bicyclic) bond motifs is 1. The number of rotatable bonds is 12. The van der Waals surface area contributed by atoms with Gasteiger partial charge in [0, 0.05) is 24.4 Å². The van der Waals surface area contributed by atoms with Crippen LogP contribution in [-0.4, -0.2) is 103 Å². The number of β-lactam (4-membered cyclic amide) rings is 1. The van der Waals surface area contributed by atoms with Gasteiger partial charge in [-0.05, 0) is 13.8 Å². The number of hydrogen-bond donors (Lipinski definition) is 7. The molecule has 0 bridgehead atoms.